The van der Waals surface area contributed by atoms with Gasteiger partial charge in [0.15, 0.2) is 0 Å². The molecule has 3 N–H and O–H groups in total. The molecule has 0 unspecified atom stereocenters. The van der Waals surface area contributed by atoms with Gasteiger partial charge in [0.1, 0.15) is 5.82 Å². The number of aliphatic hydroxyl groups excluding tert-OH is 1. The highest BCUT2D eigenvalue weighted by molar-refractivity contribution is 5.55. The average molecular weight is 279 g/mol. The van der Waals surface area contributed by atoms with Crippen LogP contribution in [0.5, 0.6) is 5.88 Å². The van der Waals surface area contributed by atoms with Crippen molar-refractivity contribution in [3.05, 3.63) is 12.1 Å². The van der Waals surface area contributed by atoms with E-state index in [1.54, 1.807) is 0 Å². The van der Waals surface area contributed by atoms with Crippen LogP contribution in [0.25, 0.3) is 0 Å². The van der Waals surface area contributed by atoms with Crippen LogP contribution in [0.4, 0.5) is 11.5 Å². The summed E-state index contributed by atoms with van der Waals surface area (Å²) < 4.78 is 5.66. The molecule has 0 aromatic carbocycles. The van der Waals surface area contributed by atoms with E-state index in [1.807, 2.05) is 26.0 Å². The Bertz CT molecular complexity index is 433. The van der Waals surface area contributed by atoms with Crippen molar-refractivity contribution in [3.63, 3.8) is 0 Å². The Kier molecular flexibility index (Phi) is 5.06. The third-order valence-corrected chi connectivity index (χ3v) is 3.59. The van der Waals surface area contributed by atoms with Crippen molar-refractivity contribution in [2.75, 3.05) is 23.8 Å². The van der Waals surface area contributed by atoms with E-state index in [-0.39, 0.29) is 12.7 Å². The second-order valence-electron chi connectivity index (χ2n) is 5.59. The first-order valence-corrected chi connectivity index (χ1v) is 7.42. The van der Waals surface area contributed by atoms with Gasteiger partial charge in [-0.1, -0.05) is 0 Å². The Balaban J connectivity index is 2.18. The Morgan fingerprint density at radius 2 is 2.20 bits per heavy atom. The Morgan fingerprint density at radius 1 is 1.45 bits per heavy atom. The first kappa shape index (κ1) is 14.9. The number of aliphatic hydroxyl groups is 1. The van der Waals surface area contributed by atoms with Gasteiger partial charge in [0.2, 0.25) is 5.88 Å². The third-order valence-electron chi connectivity index (χ3n) is 3.59. The molecule has 1 aliphatic carbocycles. The van der Waals surface area contributed by atoms with Crippen LogP contribution in [0.3, 0.4) is 0 Å². The minimum Gasteiger partial charge on any atom is -0.473 e. The van der Waals surface area contributed by atoms with Crippen molar-refractivity contribution in [1.82, 2.24) is 4.98 Å². The number of nitrogen functional groups attached to an aromatic ring is 1. The number of nitrogens with zero attached hydrogens (tertiary/aromatic N) is 2. The number of hydrogen-bond acceptors (Lipinski definition) is 5. The maximum atomic E-state index is 9.06. The molecular formula is C15H25N3O2. The molecule has 2 rings (SSSR count). The Labute approximate surface area is 120 Å². The summed E-state index contributed by atoms with van der Waals surface area (Å²) in [5.74, 6) is 1.40. The fraction of sp³-hybridized carbons (Fsp3) is 0.667. The number of hydrogen-bond donors (Lipinski definition) is 2. The summed E-state index contributed by atoms with van der Waals surface area (Å²) in [4.78, 5) is 6.84. The average Bonchev–Trinajstić information content (AvgIpc) is 2.34. The lowest BCUT2D eigenvalue weighted by Gasteiger charge is -2.38. The van der Waals surface area contributed by atoms with E-state index in [2.05, 4.69) is 9.88 Å². The molecule has 20 heavy (non-hydrogen) atoms. The van der Waals surface area contributed by atoms with Crippen molar-refractivity contribution < 1.29 is 9.84 Å². The summed E-state index contributed by atoms with van der Waals surface area (Å²) in [6.45, 7) is 4.94. The molecular weight excluding hydrogens is 254 g/mol. The standard InChI is InChI=1S/C15H25N3O2/c1-11(2)20-15-13(16)7-8-14(17-15)18(9-4-10-19)12-5-3-6-12/h7-8,11-12,19H,3-6,9-10,16H2,1-2H3. The fourth-order valence-electron chi connectivity index (χ4n) is 2.34. The van der Waals surface area contributed by atoms with Gasteiger partial charge >= 0.3 is 0 Å². The van der Waals surface area contributed by atoms with Crippen LogP contribution in [0, 0.1) is 0 Å². The van der Waals surface area contributed by atoms with Crippen LogP contribution < -0.4 is 15.4 Å². The van der Waals surface area contributed by atoms with Crippen LogP contribution in [-0.2, 0) is 0 Å². The van der Waals surface area contributed by atoms with E-state index in [0.717, 1.165) is 18.8 Å². The summed E-state index contributed by atoms with van der Waals surface area (Å²) in [6, 6.07) is 4.33. The second-order valence-corrected chi connectivity index (χ2v) is 5.59. The molecule has 0 bridgehead atoms. The summed E-state index contributed by atoms with van der Waals surface area (Å²) >= 11 is 0. The molecule has 0 radical (unpaired) electrons. The summed E-state index contributed by atoms with van der Waals surface area (Å²) in [5, 5.41) is 9.06. The van der Waals surface area contributed by atoms with Gasteiger partial charge < -0.3 is 20.5 Å². The number of nitrogens with two attached hydrogens (primary N) is 1. The van der Waals surface area contributed by atoms with Gasteiger partial charge in [-0.05, 0) is 51.7 Å². The number of rotatable bonds is 7. The van der Waals surface area contributed by atoms with Gasteiger partial charge in [-0.25, -0.2) is 0 Å². The van der Waals surface area contributed by atoms with Crippen molar-refractivity contribution in [1.29, 1.82) is 0 Å². The second kappa shape index (κ2) is 6.79. The van der Waals surface area contributed by atoms with Gasteiger partial charge in [-0.3, -0.25) is 0 Å². The van der Waals surface area contributed by atoms with Crippen LogP contribution in [0.15, 0.2) is 12.1 Å². The number of anilines is 2. The van der Waals surface area contributed by atoms with Crippen molar-refractivity contribution in [3.8, 4) is 5.88 Å². The van der Waals surface area contributed by atoms with Crippen LogP contribution >= 0.6 is 0 Å². The topological polar surface area (TPSA) is 71.6 Å². The molecule has 5 nitrogen and oxygen atoms in total. The zero-order chi connectivity index (χ0) is 14.5. The predicted molar refractivity (Wildman–Crippen MR) is 81.1 cm³/mol. The molecule has 1 aromatic heterocycles. The molecule has 0 aliphatic heterocycles. The number of ether oxygens (including phenoxy) is 1. The van der Waals surface area contributed by atoms with Crippen molar-refractivity contribution in [2.24, 2.45) is 0 Å². The van der Waals surface area contributed by atoms with Gasteiger partial charge in [-0.2, -0.15) is 4.98 Å². The van der Waals surface area contributed by atoms with E-state index < -0.39 is 0 Å². The molecule has 0 amide bonds. The van der Waals surface area contributed by atoms with E-state index >= 15 is 0 Å². The molecule has 1 fully saturated rings. The predicted octanol–water partition coefficient (Wildman–Crippen LogP) is 2.19. The minimum absolute atomic E-state index is 0.0506. The highest BCUT2D eigenvalue weighted by atomic mass is 16.5. The molecule has 1 aromatic rings. The molecule has 112 valence electrons. The lowest BCUT2D eigenvalue weighted by molar-refractivity contribution is 0.234. The maximum Gasteiger partial charge on any atom is 0.239 e. The monoisotopic (exact) mass is 279 g/mol. The first-order chi connectivity index (χ1) is 9.61. The molecule has 1 saturated carbocycles. The van der Waals surface area contributed by atoms with Gasteiger partial charge in [0.25, 0.3) is 0 Å². The number of aromatic nitrogens is 1. The van der Waals surface area contributed by atoms with E-state index in [1.165, 1.54) is 19.3 Å². The van der Waals surface area contributed by atoms with E-state index in [4.69, 9.17) is 15.6 Å². The number of pyridine rings is 1. The largest absolute Gasteiger partial charge is 0.473 e. The highest BCUT2D eigenvalue weighted by Gasteiger charge is 2.26. The zero-order valence-corrected chi connectivity index (χ0v) is 12.4. The normalized spacial score (nSPS) is 15.2. The fourth-order valence-corrected chi connectivity index (χ4v) is 2.34. The van der Waals surface area contributed by atoms with Gasteiger partial charge in [0, 0.05) is 19.2 Å². The zero-order valence-electron chi connectivity index (χ0n) is 12.4. The van der Waals surface area contributed by atoms with Crippen LogP contribution in [-0.4, -0.2) is 35.4 Å². The van der Waals surface area contributed by atoms with Gasteiger partial charge in [0.05, 0.1) is 11.8 Å². The molecule has 1 aliphatic rings. The molecule has 0 atom stereocenters. The Hall–Kier alpha value is -1.49. The van der Waals surface area contributed by atoms with Crippen molar-refractivity contribution >= 4 is 11.5 Å². The first-order valence-electron chi connectivity index (χ1n) is 7.42. The highest BCUT2D eigenvalue weighted by Crippen LogP contribution is 2.31. The molecule has 1 heterocycles. The quantitative estimate of drug-likeness (QED) is 0.800. The lowest BCUT2D eigenvalue weighted by Crippen LogP contribution is -2.41. The van der Waals surface area contributed by atoms with E-state index in [9.17, 15) is 0 Å². The SMILES string of the molecule is CC(C)Oc1nc(N(CCCO)C2CCC2)ccc1N. The molecule has 0 saturated heterocycles. The minimum atomic E-state index is 0.0506. The molecule has 0 spiro atoms. The van der Waals surface area contributed by atoms with Crippen molar-refractivity contribution in [2.45, 2.75) is 51.7 Å². The summed E-state index contributed by atoms with van der Waals surface area (Å²) in [5.41, 5.74) is 6.48. The Morgan fingerprint density at radius 3 is 2.75 bits per heavy atom. The van der Waals surface area contributed by atoms with Crippen LogP contribution in [0.2, 0.25) is 0 Å². The van der Waals surface area contributed by atoms with Gasteiger partial charge in [-0.15, -0.1) is 0 Å². The third kappa shape index (κ3) is 3.54. The van der Waals surface area contributed by atoms with E-state index in [0.29, 0.717) is 17.6 Å². The summed E-state index contributed by atoms with van der Waals surface area (Å²) in [7, 11) is 0. The van der Waals surface area contributed by atoms with Crippen LogP contribution in [0.1, 0.15) is 39.5 Å². The lowest BCUT2D eigenvalue weighted by atomic mass is 9.91. The summed E-state index contributed by atoms with van der Waals surface area (Å²) in [6.07, 6.45) is 4.46. The smallest absolute Gasteiger partial charge is 0.239 e. The maximum absolute atomic E-state index is 9.06. The molecule has 5 heteroatoms.